The Balaban J connectivity index is 1.41. The molecule has 8 aromatic carbocycles. The van der Waals surface area contributed by atoms with Crippen LogP contribution in [0, 0.1) is 13.8 Å². The van der Waals surface area contributed by atoms with Gasteiger partial charge in [-0.15, -0.1) is 0 Å². The van der Waals surface area contributed by atoms with Crippen molar-refractivity contribution in [3.63, 3.8) is 0 Å². The zero-order valence-electron chi connectivity index (χ0n) is 37.5. The van der Waals surface area contributed by atoms with Crippen molar-refractivity contribution < 1.29 is 18.9 Å². The highest BCUT2D eigenvalue weighted by atomic mass is 16.5. The van der Waals surface area contributed by atoms with Crippen molar-refractivity contribution in [2.45, 2.75) is 92.9 Å². The average Bonchev–Trinajstić information content (AvgIpc) is 3.28. The second-order valence-corrected chi connectivity index (χ2v) is 17.3. The van der Waals surface area contributed by atoms with Gasteiger partial charge in [0.05, 0.1) is 26.4 Å². The van der Waals surface area contributed by atoms with Crippen LogP contribution in [-0.2, 0) is 25.7 Å². The molecular formula is C58H60O4. The summed E-state index contributed by atoms with van der Waals surface area (Å²) < 4.78 is 27.9. The van der Waals surface area contributed by atoms with Crippen LogP contribution < -0.4 is 18.9 Å². The van der Waals surface area contributed by atoms with Gasteiger partial charge in [0.25, 0.3) is 0 Å². The summed E-state index contributed by atoms with van der Waals surface area (Å²) in [6.45, 7) is 15.8. The van der Waals surface area contributed by atoms with E-state index in [4.69, 9.17) is 18.9 Å². The maximum Gasteiger partial charge on any atom is 0.127 e. The summed E-state index contributed by atoms with van der Waals surface area (Å²) in [6.07, 6.45) is 6.32. The summed E-state index contributed by atoms with van der Waals surface area (Å²) in [5.41, 5.74) is 12.0. The SMILES string of the molecule is CCCOc1c2cccc1Cc1cc3cc(C)c4ccccc4c3c(c1OCCC)Cc1cccc(c1OCCC)Cc1c(OCCC)c(cc3cc(C)c4ccccc4c13)C2. The van der Waals surface area contributed by atoms with E-state index in [-0.39, 0.29) is 0 Å². The Kier molecular flexibility index (Phi) is 12.1. The van der Waals surface area contributed by atoms with Crippen molar-refractivity contribution in [3.05, 3.63) is 165 Å². The molecule has 0 fully saturated rings. The summed E-state index contributed by atoms with van der Waals surface area (Å²) in [5, 5.41) is 10.0. The van der Waals surface area contributed by atoms with Crippen LogP contribution in [0.1, 0.15) is 109 Å². The van der Waals surface area contributed by atoms with Crippen molar-refractivity contribution in [1.82, 2.24) is 0 Å². The minimum Gasteiger partial charge on any atom is -0.493 e. The van der Waals surface area contributed by atoms with Gasteiger partial charge < -0.3 is 18.9 Å². The van der Waals surface area contributed by atoms with E-state index in [0.29, 0.717) is 52.1 Å². The molecule has 0 heterocycles. The first-order valence-electron chi connectivity index (χ1n) is 23.1. The number of hydrogen-bond donors (Lipinski definition) is 0. The number of benzene rings is 8. The number of ether oxygens (including phenoxy) is 4. The smallest absolute Gasteiger partial charge is 0.127 e. The van der Waals surface area contributed by atoms with E-state index in [1.165, 1.54) is 98.7 Å². The molecule has 316 valence electrons. The Morgan fingerprint density at radius 3 is 1.06 bits per heavy atom. The Bertz CT molecular complexity index is 2750. The van der Waals surface area contributed by atoms with Crippen LogP contribution in [0.2, 0.25) is 0 Å². The van der Waals surface area contributed by atoms with Crippen LogP contribution in [0.4, 0.5) is 0 Å². The van der Waals surface area contributed by atoms with E-state index in [2.05, 4.69) is 151 Å². The molecule has 1 aliphatic rings. The van der Waals surface area contributed by atoms with Crippen molar-refractivity contribution in [1.29, 1.82) is 0 Å². The van der Waals surface area contributed by atoms with E-state index < -0.39 is 0 Å². The molecule has 0 saturated carbocycles. The normalized spacial score (nSPS) is 12.6. The number of para-hydroxylation sites is 2. The lowest BCUT2D eigenvalue weighted by Gasteiger charge is -2.25. The largest absolute Gasteiger partial charge is 0.493 e. The lowest BCUT2D eigenvalue weighted by Crippen LogP contribution is -2.11. The second kappa shape index (κ2) is 18.2. The molecule has 8 aromatic rings. The number of rotatable bonds is 12. The molecule has 4 heteroatoms. The topological polar surface area (TPSA) is 36.9 Å². The zero-order valence-corrected chi connectivity index (χ0v) is 37.5. The third-order valence-electron chi connectivity index (χ3n) is 12.6. The molecule has 62 heavy (non-hydrogen) atoms. The number of fused-ring (bicyclic) bond motifs is 16. The molecule has 0 N–H and O–H groups in total. The first kappa shape index (κ1) is 41.4. The highest BCUT2D eigenvalue weighted by Gasteiger charge is 2.26. The van der Waals surface area contributed by atoms with E-state index in [9.17, 15) is 0 Å². The molecule has 0 atom stereocenters. The third kappa shape index (κ3) is 7.74. The molecule has 0 saturated heterocycles. The summed E-state index contributed by atoms with van der Waals surface area (Å²) >= 11 is 0. The molecule has 8 bridgehead atoms. The fraction of sp³-hybridized carbons (Fsp3) is 0.310. The van der Waals surface area contributed by atoms with Gasteiger partial charge in [-0.05, 0) is 139 Å². The number of hydrogen-bond acceptors (Lipinski definition) is 4. The van der Waals surface area contributed by atoms with Crippen molar-refractivity contribution in [2.24, 2.45) is 0 Å². The number of aryl methyl sites for hydroxylation is 2. The van der Waals surface area contributed by atoms with Crippen LogP contribution in [0.3, 0.4) is 0 Å². The second-order valence-electron chi connectivity index (χ2n) is 17.3. The molecule has 4 nitrogen and oxygen atoms in total. The molecule has 0 spiro atoms. The lowest BCUT2D eigenvalue weighted by molar-refractivity contribution is 0.305. The Labute approximate surface area is 367 Å². The average molecular weight is 821 g/mol. The Morgan fingerprint density at radius 1 is 0.355 bits per heavy atom. The quantitative estimate of drug-likeness (QED) is 0.115. The summed E-state index contributed by atoms with van der Waals surface area (Å²) in [5.74, 6) is 3.90. The molecule has 0 radical (unpaired) electrons. The highest BCUT2D eigenvalue weighted by molar-refractivity contribution is 6.13. The summed E-state index contributed by atoms with van der Waals surface area (Å²) in [4.78, 5) is 0. The first-order valence-corrected chi connectivity index (χ1v) is 23.1. The fourth-order valence-electron chi connectivity index (χ4n) is 9.96. The summed E-state index contributed by atoms with van der Waals surface area (Å²) in [7, 11) is 0. The van der Waals surface area contributed by atoms with E-state index in [1.54, 1.807) is 0 Å². The van der Waals surface area contributed by atoms with Gasteiger partial charge in [0.15, 0.2) is 0 Å². The van der Waals surface area contributed by atoms with E-state index in [1.807, 2.05) is 0 Å². The van der Waals surface area contributed by atoms with Gasteiger partial charge in [0, 0.05) is 36.8 Å². The van der Waals surface area contributed by atoms with Gasteiger partial charge in [-0.2, -0.15) is 0 Å². The van der Waals surface area contributed by atoms with Gasteiger partial charge in [0.1, 0.15) is 23.0 Å². The first-order chi connectivity index (χ1) is 30.4. The van der Waals surface area contributed by atoms with Crippen molar-refractivity contribution >= 4 is 43.1 Å². The van der Waals surface area contributed by atoms with Crippen LogP contribution in [0.15, 0.2) is 109 Å². The monoisotopic (exact) mass is 820 g/mol. The molecule has 0 aromatic heterocycles. The highest BCUT2D eigenvalue weighted by Crippen LogP contribution is 2.46. The van der Waals surface area contributed by atoms with Crippen molar-refractivity contribution in [2.75, 3.05) is 26.4 Å². The van der Waals surface area contributed by atoms with Gasteiger partial charge in [0.2, 0.25) is 0 Å². The molecular weight excluding hydrogens is 761 g/mol. The molecule has 9 rings (SSSR count). The Hall–Kier alpha value is -6.00. The van der Waals surface area contributed by atoms with Gasteiger partial charge in [-0.3, -0.25) is 0 Å². The fourth-order valence-corrected chi connectivity index (χ4v) is 9.96. The predicted octanol–water partition coefficient (Wildman–Crippen LogP) is 14.7. The van der Waals surface area contributed by atoms with Gasteiger partial charge in [-0.25, -0.2) is 0 Å². The van der Waals surface area contributed by atoms with E-state index in [0.717, 1.165) is 48.7 Å². The Morgan fingerprint density at radius 2 is 0.694 bits per heavy atom. The lowest BCUT2D eigenvalue weighted by atomic mass is 9.85. The molecule has 0 unspecified atom stereocenters. The standard InChI is InChI=1S/C58H60O4/c1-7-25-59-55-39-17-15-18-40(55)32-46-34-44-30-38(6)48-22-12-14-24-50(48)54(44)52(58(46)62-28-10-4)36-42-20-16-19-41(56(42)60-26-8-2)35-51-53-43(33-45(31-39)57(51)61-27-9-3)29-37(5)47-21-11-13-23-49(47)53/h11-24,29-30,33-34H,7-10,25-28,31-32,35-36H2,1-6H3. The molecule has 1 aliphatic carbocycles. The maximum absolute atomic E-state index is 7.02. The minimum atomic E-state index is 0.628. The van der Waals surface area contributed by atoms with Crippen LogP contribution in [-0.4, -0.2) is 26.4 Å². The van der Waals surface area contributed by atoms with Gasteiger partial charge in [-0.1, -0.05) is 125 Å². The molecule has 0 aliphatic heterocycles. The van der Waals surface area contributed by atoms with E-state index >= 15 is 0 Å². The maximum atomic E-state index is 7.02. The summed E-state index contributed by atoms with van der Waals surface area (Å²) in [6, 6.07) is 40.8. The van der Waals surface area contributed by atoms with Crippen molar-refractivity contribution in [3.8, 4) is 23.0 Å². The van der Waals surface area contributed by atoms with Gasteiger partial charge >= 0.3 is 0 Å². The zero-order chi connectivity index (χ0) is 42.7. The minimum absolute atomic E-state index is 0.628. The predicted molar refractivity (Wildman–Crippen MR) is 260 cm³/mol. The molecule has 0 amide bonds. The van der Waals surface area contributed by atoms with Crippen LogP contribution >= 0.6 is 0 Å². The van der Waals surface area contributed by atoms with Crippen LogP contribution in [0.5, 0.6) is 23.0 Å². The third-order valence-corrected chi connectivity index (χ3v) is 12.6. The van der Waals surface area contributed by atoms with Crippen LogP contribution in [0.25, 0.3) is 43.1 Å².